The number of hydrogen-bond donors (Lipinski definition) is 0. The van der Waals surface area contributed by atoms with Gasteiger partial charge in [0.15, 0.2) is 5.92 Å². The molecule has 0 saturated heterocycles. The molecule has 94 valence electrons. The molecule has 1 unspecified atom stereocenters. The highest BCUT2D eigenvalue weighted by Crippen LogP contribution is 2.32. The molecule has 0 aromatic carbocycles. The lowest BCUT2D eigenvalue weighted by atomic mass is 9.85. The van der Waals surface area contributed by atoms with E-state index in [0.717, 1.165) is 24.8 Å². The summed E-state index contributed by atoms with van der Waals surface area (Å²) in [4.78, 5) is 23.3. The fourth-order valence-corrected chi connectivity index (χ4v) is 2.14. The highest BCUT2D eigenvalue weighted by Gasteiger charge is 2.37. The number of carbonyl (C=O) groups is 2. The molecule has 0 amide bonds. The van der Waals surface area contributed by atoms with Gasteiger partial charge in [0, 0.05) is 5.92 Å². The number of ether oxygens (including phenoxy) is 2. The number of rotatable bonds is 5. The fraction of sp³-hybridized carbons (Fsp3) is 0.538. The molecule has 17 heavy (non-hydrogen) atoms. The molecule has 1 aliphatic carbocycles. The molecule has 4 heteroatoms. The van der Waals surface area contributed by atoms with Crippen molar-refractivity contribution in [3.05, 3.63) is 24.3 Å². The van der Waals surface area contributed by atoms with Gasteiger partial charge in [0.05, 0.1) is 14.2 Å². The van der Waals surface area contributed by atoms with Crippen LogP contribution in [0.1, 0.15) is 19.3 Å². The summed E-state index contributed by atoms with van der Waals surface area (Å²) >= 11 is 0. The summed E-state index contributed by atoms with van der Waals surface area (Å²) in [7, 11) is 2.53. The average molecular weight is 238 g/mol. The first-order chi connectivity index (χ1) is 8.15. The average Bonchev–Trinajstić information content (AvgIpc) is 2.87. The maximum atomic E-state index is 11.7. The molecule has 0 radical (unpaired) electrons. The van der Waals surface area contributed by atoms with Crippen molar-refractivity contribution in [1.29, 1.82) is 0 Å². The third-order valence-electron chi connectivity index (χ3n) is 3.03. The van der Waals surface area contributed by atoms with E-state index in [0.29, 0.717) is 0 Å². The quantitative estimate of drug-likeness (QED) is 0.417. The van der Waals surface area contributed by atoms with Gasteiger partial charge in [-0.2, -0.15) is 0 Å². The van der Waals surface area contributed by atoms with Crippen molar-refractivity contribution in [2.24, 2.45) is 11.8 Å². The van der Waals surface area contributed by atoms with E-state index in [4.69, 9.17) is 0 Å². The van der Waals surface area contributed by atoms with Gasteiger partial charge in [0.25, 0.3) is 0 Å². The highest BCUT2D eigenvalue weighted by atomic mass is 16.5. The zero-order valence-corrected chi connectivity index (χ0v) is 10.3. The molecule has 0 spiro atoms. The summed E-state index contributed by atoms with van der Waals surface area (Å²) in [5, 5.41) is 0. The summed E-state index contributed by atoms with van der Waals surface area (Å²) in [6.45, 7) is 3.70. The zero-order chi connectivity index (χ0) is 12.8. The third kappa shape index (κ3) is 2.96. The van der Waals surface area contributed by atoms with E-state index in [1.807, 2.05) is 0 Å². The minimum Gasteiger partial charge on any atom is -0.468 e. The van der Waals surface area contributed by atoms with E-state index in [1.165, 1.54) is 14.2 Å². The lowest BCUT2D eigenvalue weighted by Crippen LogP contribution is -2.33. The Hall–Kier alpha value is -1.58. The number of esters is 2. The van der Waals surface area contributed by atoms with Crippen LogP contribution in [0.5, 0.6) is 0 Å². The van der Waals surface area contributed by atoms with Crippen LogP contribution in [0.3, 0.4) is 0 Å². The molecule has 0 bridgehead atoms. The van der Waals surface area contributed by atoms with E-state index >= 15 is 0 Å². The number of methoxy groups -OCH3 is 2. The van der Waals surface area contributed by atoms with E-state index in [2.05, 4.69) is 22.1 Å². The highest BCUT2D eigenvalue weighted by molar-refractivity contribution is 5.95. The van der Waals surface area contributed by atoms with Crippen LogP contribution < -0.4 is 0 Å². The Bertz CT molecular complexity index is 327. The minimum absolute atomic E-state index is 0.322. The third-order valence-corrected chi connectivity index (χ3v) is 3.03. The standard InChI is InChI=1S/C13H18O4/c1-4-10(9-7-5-6-8-9)11(12(14)16-2)13(15)17-3/h4,7,10-11H,1,5-6,8H2,2-3H3. The number of hydrogen-bond acceptors (Lipinski definition) is 4. The fourth-order valence-electron chi connectivity index (χ4n) is 2.14. The number of allylic oxidation sites excluding steroid dienone is 3. The Morgan fingerprint density at radius 3 is 2.29 bits per heavy atom. The molecule has 0 saturated carbocycles. The molecule has 0 aromatic heterocycles. The molecule has 0 heterocycles. The largest absolute Gasteiger partial charge is 0.468 e. The van der Waals surface area contributed by atoms with Gasteiger partial charge >= 0.3 is 11.9 Å². The van der Waals surface area contributed by atoms with E-state index < -0.39 is 17.9 Å². The summed E-state index contributed by atoms with van der Waals surface area (Å²) in [5.74, 6) is -2.41. The van der Waals surface area contributed by atoms with Gasteiger partial charge in [-0.25, -0.2) is 0 Å². The van der Waals surface area contributed by atoms with E-state index in [9.17, 15) is 9.59 Å². The van der Waals surface area contributed by atoms with Crippen LogP contribution in [0.15, 0.2) is 24.3 Å². The Balaban J connectivity index is 2.97. The molecule has 0 N–H and O–H groups in total. The van der Waals surface area contributed by atoms with Gasteiger partial charge in [0.1, 0.15) is 0 Å². The van der Waals surface area contributed by atoms with Crippen molar-refractivity contribution in [3.63, 3.8) is 0 Å². The Morgan fingerprint density at radius 1 is 1.35 bits per heavy atom. The van der Waals surface area contributed by atoms with Crippen LogP contribution in [0.4, 0.5) is 0 Å². The maximum Gasteiger partial charge on any atom is 0.321 e. The lowest BCUT2D eigenvalue weighted by molar-refractivity contribution is -0.160. The summed E-state index contributed by atoms with van der Waals surface area (Å²) < 4.78 is 9.33. The van der Waals surface area contributed by atoms with Gasteiger partial charge in [-0.3, -0.25) is 9.59 Å². The van der Waals surface area contributed by atoms with Gasteiger partial charge in [0.2, 0.25) is 0 Å². The van der Waals surface area contributed by atoms with Crippen molar-refractivity contribution in [2.45, 2.75) is 19.3 Å². The SMILES string of the molecule is C=CC(C1=CCCC1)C(C(=O)OC)C(=O)OC. The van der Waals surface area contributed by atoms with Crippen molar-refractivity contribution < 1.29 is 19.1 Å². The predicted molar refractivity (Wildman–Crippen MR) is 63.1 cm³/mol. The van der Waals surface area contributed by atoms with Gasteiger partial charge in [-0.1, -0.05) is 17.7 Å². The molecule has 1 atom stereocenters. The van der Waals surface area contributed by atoms with E-state index in [1.54, 1.807) is 6.08 Å². The Kier molecular flexibility index (Phi) is 4.94. The lowest BCUT2D eigenvalue weighted by Gasteiger charge is -2.21. The minimum atomic E-state index is -0.938. The van der Waals surface area contributed by atoms with Gasteiger partial charge in [-0.15, -0.1) is 6.58 Å². The van der Waals surface area contributed by atoms with Crippen LogP contribution in [0.2, 0.25) is 0 Å². The first kappa shape index (κ1) is 13.5. The zero-order valence-electron chi connectivity index (χ0n) is 10.3. The van der Waals surface area contributed by atoms with Crippen molar-refractivity contribution in [3.8, 4) is 0 Å². The monoisotopic (exact) mass is 238 g/mol. The maximum absolute atomic E-state index is 11.7. The normalized spacial score (nSPS) is 16.3. The van der Waals surface area contributed by atoms with Crippen LogP contribution in [-0.2, 0) is 19.1 Å². The first-order valence-electron chi connectivity index (χ1n) is 5.62. The molecule has 4 nitrogen and oxygen atoms in total. The molecule has 0 aromatic rings. The van der Waals surface area contributed by atoms with Gasteiger partial charge in [-0.05, 0) is 19.3 Å². The Morgan fingerprint density at radius 2 is 1.94 bits per heavy atom. The summed E-state index contributed by atoms with van der Waals surface area (Å²) in [6, 6.07) is 0. The Labute approximate surface area is 101 Å². The smallest absolute Gasteiger partial charge is 0.321 e. The van der Waals surface area contributed by atoms with Crippen LogP contribution in [0, 0.1) is 11.8 Å². The molecular weight excluding hydrogens is 220 g/mol. The van der Waals surface area contributed by atoms with Gasteiger partial charge < -0.3 is 9.47 Å². The van der Waals surface area contributed by atoms with Crippen molar-refractivity contribution in [1.82, 2.24) is 0 Å². The van der Waals surface area contributed by atoms with Crippen LogP contribution >= 0.6 is 0 Å². The van der Waals surface area contributed by atoms with Crippen LogP contribution in [0.25, 0.3) is 0 Å². The molecule has 1 aliphatic rings. The second-order valence-corrected chi connectivity index (χ2v) is 3.96. The van der Waals surface area contributed by atoms with Crippen LogP contribution in [-0.4, -0.2) is 26.2 Å². The number of carbonyl (C=O) groups excluding carboxylic acids is 2. The summed E-state index contributed by atoms with van der Waals surface area (Å²) in [6.07, 6.45) is 6.60. The molecule has 0 aliphatic heterocycles. The van der Waals surface area contributed by atoms with Crippen molar-refractivity contribution >= 4 is 11.9 Å². The molecule has 0 fully saturated rings. The molecular formula is C13H18O4. The van der Waals surface area contributed by atoms with Crippen molar-refractivity contribution in [2.75, 3.05) is 14.2 Å². The summed E-state index contributed by atoms with van der Waals surface area (Å²) in [5.41, 5.74) is 1.07. The van der Waals surface area contributed by atoms with E-state index in [-0.39, 0.29) is 5.92 Å². The topological polar surface area (TPSA) is 52.6 Å². The molecule has 1 rings (SSSR count). The second-order valence-electron chi connectivity index (χ2n) is 3.96. The predicted octanol–water partition coefficient (Wildman–Crippen LogP) is 1.86. The first-order valence-corrected chi connectivity index (χ1v) is 5.62. The second kappa shape index (κ2) is 6.23.